The van der Waals surface area contributed by atoms with E-state index in [9.17, 15) is 35.1 Å². The van der Waals surface area contributed by atoms with Gasteiger partial charge in [0, 0.05) is 11.1 Å². The fourth-order valence-electron chi connectivity index (χ4n) is 2.09. The lowest BCUT2D eigenvalue weighted by Crippen LogP contribution is -2.64. The fraction of sp³-hybridized carbons (Fsp3) is 0.231. The minimum absolute atomic E-state index is 0.0999. The molecule has 2 rings (SSSR count). The first kappa shape index (κ1) is 16.5. The van der Waals surface area contributed by atoms with E-state index in [2.05, 4.69) is 0 Å². The predicted molar refractivity (Wildman–Crippen MR) is 61.5 cm³/mol. The highest BCUT2D eigenvalue weighted by molar-refractivity contribution is 5.78. The van der Waals surface area contributed by atoms with Crippen LogP contribution in [0.15, 0.2) is 42.0 Å². The van der Waals surface area contributed by atoms with Gasteiger partial charge in [0.2, 0.25) is 5.79 Å². The quantitative estimate of drug-likeness (QED) is 0.604. The van der Waals surface area contributed by atoms with E-state index >= 15 is 0 Å². The molecule has 0 spiro atoms. The molecule has 0 bridgehead atoms. The molecule has 0 aromatic heterocycles. The Balaban J connectivity index is 2.78. The van der Waals surface area contributed by atoms with Gasteiger partial charge in [-0.2, -0.15) is 13.2 Å². The van der Waals surface area contributed by atoms with Crippen LogP contribution in [0.4, 0.5) is 35.1 Å². The summed E-state index contributed by atoms with van der Waals surface area (Å²) in [6.07, 6.45) is -6.31. The molecular formula is C13H7F8N. The molecule has 120 valence electrons. The summed E-state index contributed by atoms with van der Waals surface area (Å²) >= 11 is 0. The second-order valence-electron chi connectivity index (χ2n) is 4.57. The topological polar surface area (TPSA) is 26.0 Å². The van der Waals surface area contributed by atoms with Gasteiger partial charge in [0.05, 0.1) is 0 Å². The van der Waals surface area contributed by atoms with Crippen molar-refractivity contribution in [2.45, 2.75) is 17.6 Å². The minimum Gasteiger partial charge on any atom is -0.292 e. The molecular weight excluding hydrogens is 322 g/mol. The summed E-state index contributed by atoms with van der Waals surface area (Å²) in [7, 11) is 0. The van der Waals surface area contributed by atoms with Gasteiger partial charge in [0.1, 0.15) is 5.82 Å². The Morgan fingerprint density at radius 2 is 1.50 bits per heavy atom. The maximum atomic E-state index is 14.4. The number of hydrogen-bond donors (Lipinski definition) is 1. The lowest BCUT2D eigenvalue weighted by Gasteiger charge is -2.40. The second-order valence-corrected chi connectivity index (χ2v) is 4.57. The van der Waals surface area contributed by atoms with Crippen LogP contribution in [0.25, 0.3) is 5.57 Å². The van der Waals surface area contributed by atoms with Crippen molar-refractivity contribution < 1.29 is 35.1 Å². The van der Waals surface area contributed by atoms with E-state index in [1.54, 1.807) is 0 Å². The van der Waals surface area contributed by atoms with E-state index in [0.29, 0.717) is 6.07 Å². The van der Waals surface area contributed by atoms with Crippen LogP contribution in [0.1, 0.15) is 5.56 Å². The zero-order valence-electron chi connectivity index (χ0n) is 10.5. The molecule has 2 unspecified atom stereocenters. The zero-order valence-corrected chi connectivity index (χ0v) is 10.5. The smallest absolute Gasteiger partial charge is 0.292 e. The van der Waals surface area contributed by atoms with Crippen molar-refractivity contribution in [1.29, 1.82) is 0 Å². The van der Waals surface area contributed by atoms with Crippen LogP contribution in [-0.2, 0) is 0 Å². The highest BCUT2D eigenvalue weighted by Crippen LogP contribution is 2.55. The van der Waals surface area contributed by atoms with E-state index in [0.717, 1.165) is 18.2 Å². The molecule has 9 heteroatoms. The van der Waals surface area contributed by atoms with E-state index in [1.165, 1.54) is 0 Å². The molecule has 1 aromatic rings. The van der Waals surface area contributed by atoms with Gasteiger partial charge in [-0.25, -0.2) is 22.0 Å². The third-order valence-corrected chi connectivity index (χ3v) is 3.23. The van der Waals surface area contributed by atoms with E-state index < -0.39 is 46.2 Å². The molecule has 0 heterocycles. The molecule has 22 heavy (non-hydrogen) atoms. The Morgan fingerprint density at radius 3 is 2.00 bits per heavy atom. The van der Waals surface area contributed by atoms with Crippen LogP contribution in [0.5, 0.6) is 0 Å². The van der Waals surface area contributed by atoms with Gasteiger partial charge in [-0.05, 0) is 12.1 Å². The number of rotatable bonds is 1. The Morgan fingerprint density at radius 1 is 0.955 bits per heavy atom. The van der Waals surface area contributed by atoms with Crippen LogP contribution in [0.3, 0.4) is 0 Å². The molecule has 0 radical (unpaired) electrons. The van der Waals surface area contributed by atoms with Crippen LogP contribution in [0.2, 0.25) is 0 Å². The average molecular weight is 329 g/mol. The minimum atomic E-state index is -6.21. The molecule has 2 atom stereocenters. The molecule has 1 aromatic carbocycles. The molecule has 0 fully saturated rings. The highest BCUT2D eigenvalue weighted by Gasteiger charge is 2.74. The first-order chi connectivity index (χ1) is 9.94. The Bertz CT molecular complexity index is 673. The second kappa shape index (κ2) is 4.80. The third-order valence-electron chi connectivity index (χ3n) is 3.23. The number of alkyl halides is 5. The van der Waals surface area contributed by atoms with Crippen molar-refractivity contribution in [2.75, 3.05) is 0 Å². The van der Waals surface area contributed by atoms with Crippen molar-refractivity contribution in [3.05, 3.63) is 53.4 Å². The molecule has 2 N–H and O–H groups in total. The van der Waals surface area contributed by atoms with Crippen molar-refractivity contribution in [3.8, 4) is 0 Å². The Hall–Kier alpha value is -1.90. The average Bonchev–Trinajstić information content (AvgIpc) is 2.40. The Kier molecular flexibility index (Phi) is 3.59. The van der Waals surface area contributed by atoms with Gasteiger partial charge in [0.15, 0.2) is 11.7 Å². The van der Waals surface area contributed by atoms with E-state index in [1.807, 2.05) is 0 Å². The number of hydrogen-bond acceptors (Lipinski definition) is 1. The summed E-state index contributed by atoms with van der Waals surface area (Å²) in [4.78, 5) is 0. The molecule has 1 aliphatic carbocycles. The van der Waals surface area contributed by atoms with Crippen LogP contribution in [-0.4, -0.2) is 17.6 Å². The van der Waals surface area contributed by atoms with Crippen LogP contribution in [0, 0.1) is 5.82 Å². The molecule has 0 saturated heterocycles. The number of allylic oxidation sites excluding steroid dienone is 2. The van der Waals surface area contributed by atoms with Gasteiger partial charge < -0.3 is 0 Å². The number of nitrogens with two attached hydrogens (primary N) is 1. The number of benzene rings is 1. The van der Waals surface area contributed by atoms with Crippen molar-refractivity contribution in [1.82, 2.24) is 0 Å². The zero-order chi connectivity index (χ0) is 16.9. The lowest BCUT2D eigenvalue weighted by molar-refractivity contribution is -0.253. The first-order valence-electron chi connectivity index (χ1n) is 5.71. The summed E-state index contributed by atoms with van der Waals surface area (Å²) in [6.45, 7) is 0. The molecule has 0 aliphatic heterocycles. The molecule has 1 aliphatic rings. The molecule has 0 amide bonds. The Labute approximate surface area is 118 Å². The standard InChI is InChI=1S/C13H7F8N/c14-8-4-2-1-3-6(8)7-5-9(15)10(16)11(17,12(7,18)22)13(19,20)21/h1-5H,22H2. The van der Waals surface area contributed by atoms with Crippen LogP contribution >= 0.6 is 0 Å². The fourth-order valence-corrected chi connectivity index (χ4v) is 2.09. The van der Waals surface area contributed by atoms with Crippen LogP contribution < -0.4 is 5.73 Å². The summed E-state index contributed by atoms with van der Waals surface area (Å²) in [5.41, 5.74) is -3.18. The molecule has 0 saturated carbocycles. The van der Waals surface area contributed by atoms with Gasteiger partial charge in [-0.3, -0.25) is 5.73 Å². The first-order valence-corrected chi connectivity index (χ1v) is 5.71. The lowest BCUT2D eigenvalue weighted by atomic mass is 9.79. The van der Waals surface area contributed by atoms with E-state index in [-0.39, 0.29) is 6.08 Å². The maximum absolute atomic E-state index is 14.4. The van der Waals surface area contributed by atoms with Gasteiger partial charge in [0.25, 0.3) is 0 Å². The predicted octanol–water partition coefficient (Wildman–Crippen LogP) is 4.27. The summed E-state index contributed by atoms with van der Waals surface area (Å²) in [5.74, 6) is -11.2. The van der Waals surface area contributed by atoms with Crippen molar-refractivity contribution >= 4 is 5.57 Å². The highest BCUT2D eigenvalue weighted by atomic mass is 19.4. The van der Waals surface area contributed by atoms with E-state index in [4.69, 9.17) is 5.73 Å². The van der Waals surface area contributed by atoms with Gasteiger partial charge >= 0.3 is 11.8 Å². The summed E-state index contributed by atoms with van der Waals surface area (Å²) < 4.78 is 107. The van der Waals surface area contributed by atoms with Gasteiger partial charge in [-0.15, -0.1) is 0 Å². The summed E-state index contributed by atoms with van der Waals surface area (Å²) in [5, 5.41) is 0. The maximum Gasteiger partial charge on any atom is 0.434 e. The third kappa shape index (κ3) is 2.03. The SMILES string of the molecule is NC1(F)C(c2ccccc2F)=CC(F)=C(F)C1(F)C(F)(F)F. The number of halogens is 8. The largest absolute Gasteiger partial charge is 0.434 e. The monoisotopic (exact) mass is 329 g/mol. The normalized spacial score (nSPS) is 29.6. The molecule has 1 nitrogen and oxygen atoms in total. The van der Waals surface area contributed by atoms with Crippen molar-refractivity contribution in [3.63, 3.8) is 0 Å². The summed E-state index contributed by atoms with van der Waals surface area (Å²) in [6, 6.07) is 3.66. The van der Waals surface area contributed by atoms with Crippen molar-refractivity contribution in [2.24, 2.45) is 5.73 Å². The van der Waals surface area contributed by atoms with Gasteiger partial charge in [-0.1, -0.05) is 18.2 Å².